The largest absolute Gasteiger partial charge is 0.388 e. The first kappa shape index (κ1) is 13.2. The second kappa shape index (κ2) is 4.66. The van der Waals surface area contributed by atoms with E-state index in [4.69, 9.17) is 0 Å². The van der Waals surface area contributed by atoms with Crippen LogP contribution in [0.25, 0.3) is 0 Å². The number of fused-ring (bicyclic) bond motifs is 1. The van der Waals surface area contributed by atoms with Crippen molar-refractivity contribution in [3.8, 4) is 0 Å². The maximum absolute atomic E-state index is 12.3. The third kappa shape index (κ3) is 2.12. The number of amides is 2. The summed E-state index contributed by atoms with van der Waals surface area (Å²) in [6.45, 7) is 2.25. The van der Waals surface area contributed by atoms with Gasteiger partial charge >= 0.3 is 0 Å². The van der Waals surface area contributed by atoms with Crippen molar-refractivity contribution in [3.05, 3.63) is 29.6 Å². The molecule has 0 unspecified atom stereocenters. The van der Waals surface area contributed by atoms with E-state index in [0.717, 1.165) is 12.8 Å². The second-order valence-corrected chi connectivity index (χ2v) is 6.02. The van der Waals surface area contributed by atoms with Gasteiger partial charge in [-0.1, -0.05) is 6.92 Å². The summed E-state index contributed by atoms with van der Waals surface area (Å²) in [7, 11) is 0. The Morgan fingerprint density at radius 1 is 1.30 bits per heavy atom. The molecule has 2 heterocycles. The second-order valence-electron chi connectivity index (χ2n) is 6.02. The van der Waals surface area contributed by atoms with Crippen LogP contribution >= 0.6 is 0 Å². The topological polar surface area (TPSA) is 70.5 Å². The van der Waals surface area contributed by atoms with Crippen LogP contribution in [0.4, 0.5) is 0 Å². The molecule has 0 spiro atoms. The number of β-amino-alcohol motifs (C(OH)–C–C–N with tert-alkyl or cyclic N) is 1. The minimum absolute atomic E-state index is 0.0894. The summed E-state index contributed by atoms with van der Waals surface area (Å²) in [6, 6.07) is 1.56. The third-order valence-corrected chi connectivity index (χ3v) is 4.43. The Balaban J connectivity index is 1.80. The van der Waals surface area contributed by atoms with E-state index < -0.39 is 5.60 Å². The molecular formula is C15H18N2O3. The number of hydrogen-bond acceptors (Lipinski definition) is 4. The molecule has 1 fully saturated rings. The number of carbonyl (C=O) groups excluding carboxylic acids is 2. The molecule has 106 valence electrons. The summed E-state index contributed by atoms with van der Waals surface area (Å²) in [5, 5.41) is 10.6. The monoisotopic (exact) mass is 274 g/mol. The van der Waals surface area contributed by atoms with E-state index in [-0.39, 0.29) is 18.4 Å². The van der Waals surface area contributed by atoms with E-state index in [0.29, 0.717) is 29.9 Å². The molecule has 0 atom stereocenters. The van der Waals surface area contributed by atoms with Gasteiger partial charge in [0, 0.05) is 12.4 Å². The zero-order valence-electron chi connectivity index (χ0n) is 11.5. The average molecular weight is 274 g/mol. The zero-order chi connectivity index (χ0) is 14.3. The Morgan fingerprint density at radius 2 is 1.95 bits per heavy atom. The summed E-state index contributed by atoms with van der Waals surface area (Å²) in [5.41, 5.74) is -0.212. The van der Waals surface area contributed by atoms with Crippen molar-refractivity contribution in [1.82, 2.24) is 9.88 Å². The molecule has 1 aromatic rings. The third-order valence-electron chi connectivity index (χ3n) is 4.43. The first-order valence-electron chi connectivity index (χ1n) is 7.03. The quantitative estimate of drug-likeness (QED) is 0.832. The predicted octanol–water partition coefficient (Wildman–Crippen LogP) is 1.62. The lowest BCUT2D eigenvalue weighted by Crippen LogP contribution is -2.47. The summed E-state index contributed by atoms with van der Waals surface area (Å²) in [4.78, 5) is 29.6. The fraction of sp³-hybridized carbons (Fsp3) is 0.533. The van der Waals surface area contributed by atoms with Crippen LogP contribution in [0.15, 0.2) is 18.5 Å². The summed E-state index contributed by atoms with van der Waals surface area (Å²) < 4.78 is 0. The van der Waals surface area contributed by atoms with E-state index in [2.05, 4.69) is 11.9 Å². The summed E-state index contributed by atoms with van der Waals surface area (Å²) in [5.74, 6) is -0.0637. The van der Waals surface area contributed by atoms with Crippen molar-refractivity contribution in [2.45, 2.75) is 38.2 Å². The first-order valence-corrected chi connectivity index (χ1v) is 7.03. The predicted molar refractivity (Wildman–Crippen MR) is 72.2 cm³/mol. The van der Waals surface area contributed by atoms with Crippen LogP contribution in [0, 0.1) is 5.92 Å². The molecule has 2 aliphatic rings. The van der Waals surface area contributed by atoms with E-state index in [1.165, 1.54) is 17.3 Å². The molecule has 1 aliphatic heterocycles. The average Bonchev–Trinajstić information content (AvgIpc) is 2.68. The van der Waals surface area contributed by atoms with Gasteiger partial charge in [0.1, 0.15) is 0 Å². The molecule has 20 heavy (non-hydrogen) atoms. The van der Waals surface area contributed by atoms with Crippen LogP contribution < -0.4 is 0 Å². The van der Waals surface area contributed by atoms with E-state index in [9.17, 15) is 14.7 Å². The highest BCUT2D eigenvalue weighted by atomic mass is 16.3. The number of nitrogens with zero attached hydrogens (tertiary/aromatic N) is 2. The van der Waals surface area contributed by atoms with Gasteiger partial charge in [0.25, 0.3) is 11.8 Å². The molecule has 2 amide bonds. The molecule has 1 aromatic heterocycles. The Kier molecular flexibility index (Phi) is 3.09. The van der Waals surface area contributed by atoms with Crippen LogP contribution in [-0.4, -0.2) is 39.0 Å². The molecule has 0 aromatic carbocycles. The number of carbonyl (C=O) groups is 2. The molecule has 0 bridgehead atoms. The number of pyridine rings is 1. The smallest absolute Gasteiger partial charge is 0.263 e. The van der Waals surface area contributed by atoms with Gasteiger partial charge in [-0.05, 0) is 37.7 Å². The maximum Gasteiger partial charge on any atom is 0.263 e. The fourth-order valence-corrected chi connectivity index (χ4v) is 3.03. The van der Waals surface area contributed by atoms with E-state index >= 15 is 0 Å². The molecule has 3 rings (SSSR count). The van der Waals surface area contributed by atoms with Gasteiger partial charge < -0.3 is 5.11 Å². The van der Waals surface area contributed by atoms with Crippen molar-refractivity contribution in [2.75, 3.05) is 6.54 Å². The number of imide groups is 1. The van der Waals surface area contributed by atoms with Gasteiger partial charge in [0.2, 0.25) is 0 Å². The lowest BCUT2D eigenvalue weighted by atomic mass is 9.79. The summed E-state index contributed by atoms with van der Waals surface area (Å²) >= 11 is 0. The molecule has 5 nitrogen and oxygen atoms in total. The van der Waals surface area contributed by atoms with Gasteiger partial charge in [-0.3, -0.25) is 19.5 Å². The van der Waals surface area contributed by atoms with Gasteiger partial charge in [-0.25, -0.2) is 0 Å². The fourth-order valence-electron chi connectivity index (χ4n) is 3.03. The highest BCUT2D eigenvalue weighted by Gasteiger charge is 2.42. The van der Waals surface area contributed by atoms with Gasteiger partial charge in [-0.2, -0.15) is 0 Å². The molecule has 0 radical (unpaired) electrons. The highest BCUT2D eigenvalue weighted by Crippen LogP contribution is 2.34. The van der Waals surface area contributed by atoms with Crippen molar-refractivity contribution < 1.29 is 14.7 Å². The normalized spacial score (nSPS) is 29.7. The molecular weight excluding hydrogens is 256 g/mol. The maximum atomic E-state index is 12.3. The minimum Gasteiger partial charge on any atom is -0.388 e. The van der Waals surface area contributed by atoms with Crippen LogP contribution in [0.1, 0.15) is 53.3 Å². The Morgan fingerprint density at radius 3 is 2.60 bits per heavy atom. The van der Waals surface area contributed by atoms with Crippen LogP contribution in [0.5, 0.6) is 0 Å². The molecule has 0 saturated heterocycles. The van der Waals surface area contributed by atoms with Crippen molar-refractivity contribution in [2.24, 2.45) is 5.92 Å². The number of aliphatic hydroxyl groups is 1. The number of rotatable bonds is 2. The molecule has 1 aliphatic carbocycles. The Labute approximate surface area is 117 Å². The Hall–Kier alpha value is -1.75. The number of aromatic nitrogens is 1. The Bertz CT molecular complexity index is 527. The van der Waals surface area contributed by atoms with Crippen LogP contribution in [0.2, 0.25) is 0 Å². The SMILES string of the molecule is CC1CCC(O)(CN2C(=O)c3ccncc3C2=O)CC1. The van der Waals surface area contributed by atoms with Crippen LogP contribution in [-0.2, 0) is 0 Å². The van der Waals surface area contributed by atoms with Crippen molar-refractivity contribution in [3.63, 3.8) is 0 Å². The van der Waals surface area contributed by atoms with Gasteiger partial charge in [0.05, 0.1) is 23.3 Å². The molecule has 5 heteroatoms. The van der Waals surface area contributed by atoms with Crippen molar-refractivity contribution in [1.29, 1.82) is 0 Å². The zero-order valence-corrected chi connectivity index (χ0v) is 11.5. The van der Waals surface area contributed by atoms with E-state index in [1.54, 1.807) is 6.07 Å². The highest BCUT2D eigenvalue weighted by molar-refractivity contribution is 6.21. The summed E-state index contributed by atoms with van der Waals surface area (Å²) in [6.07, 6.45) is 6.06. The van der Waals surface area contributed by atoms with Crippen molar-refractivity contribution >= 4 is 11.8 Å². The molecule has 1 N–H and O–H groups in total. The van der Waals surface area contributed by atoms with Crippen LogP contribution in [0.3, 0.4) is 0 Å². The lowest BCUT2D eigenvalue weighted by Gasteiger charge is -2.36. The lowest BCUT2D eigenvalue weighted by molar-refractivity contribution is -0.0261. The van der Waals surface area contributed by atoms with E-state index in [1.807, 2.05) is 0 Å². The van der Waals surface area contributed by atoms with Gasteiger partial charge in [-0.15, -0.1) is 0 Å². The number of hydrogen-bond donors (Lipinski definition) is 1. The molecule has 1 saturated carbocycles. The first-order chi connectivity index (χ1) is 9.50. The minimum atomic E-state index is -0.937. The van der Waals surface area contributed by atoms with Gasteiger partial charge in [0.15, 0.2) is 0 Å². The standard InChI is InChI=1S/C15H18N2O3/c1-10-2-5-15(20,6-3-10)9-17-13(18)11-4-7-16-8-12(11)14(17)19/h4,7-8,10,20H,2-3,5-6,9H2,1H3.